The minimum absolute atomic E-state index is 0.0582. The van der Waals surface area contributed by atoms with Crippen LogP contribution < -0.4 is 5.32 Å². The summed E-state index contributed by atoms with van der Waals surface area (Å²) in [4.78, 5) is 22.8. The van der Waals surface area contributed by atoms with Gasteiger partial charge in [-0.25, -0.2) is 4.79 Å². The average Bonchev–Trinajstić information content (AvgIpc) is 2.51. The molecule has 2 N–H and O–H groups in total. The van der Waals surface area contributed by atoms with Crippen molar-refractivity contribution >= 4 is 11.9 Å². The average molecular weight is 291 g/mol. The second-order valence-electron chi connectivity index (χ2n) is 5.39. The molecular formula is C17H25NO3. The molecule has 4 nitrogen and oxygen atoms in total. The van der Waals surface area contributed by atoms with Crippen molar-refractivity contribution in [2.75, 3.05) is 0 Å². The Hall–Kier alpha value is -1.84. The molecule has 0 fully saturated rings. The first kappa shape index (κ1) is 17.2. The predicted octanol–water partition coefficient (Wildman–Crippen LogP) is 3.40. The summed E-state index contributed by atoms with van der Waals surface area (Å²) in [7, 11) is 0. The lowest BCUT2D eigenvalue weighted by Crippen LogP contribution is -2.47. The number of amides is 1. The summed E-state index contributed by atoms with van der Waals surface area (Å²) >= 11 is 0. The highest BCUT2D eigenvalue weighted by molar-refractivity contribution is 5.87. The number of carbonyl (C=O) groups excluding carboxylic acids is 1. The highest BCUT2D eigenvalue weighted by atomic mass is 16.4. The standard InChI is InChI=1S/C17H25NO3/c1-4-17(5-2,6-3)18-15(19)12-9-13-7-10-14(11-8-13)16(20)21/h7-8,10-11H,4-6,9,12H2,1-3H3,(H,18,19)(H,20,21). The molecule has 0 saturated heterocycles. The van der Waals surface area contributed by atoms with E-state index in [2.05, 4.69) is 26.1 Å². The first-order valence-corrected chi connectivity index (χ1v) is 7.59. The molecule has 0 spiro atoms. The maximum atomic E-state index is 12.1. The number of aryl methyl sites for hydroxylation is 1. The number of aromatic carboxylic acids is 1. The van der Waals surface area contributed by atoms with Crippen molar-refractivity contribution in [3.63, 3.8) is 0 Å². The molecule has 0 aliphatic carbocycles. The minimum atomic E-state index is -0.932. The molecule has 0 saturated carbocycles. The summed E-state index contributed by atoms with van der Waals surface area (Å²) in [5.41, 5.74) is 1.15. The van der Waals surface area contributed by atoms with Crippen molar-refractivity contribution < 1.29 is 14.7 Å². The molecule has 1 aromatic rings. The lowest BCUT2D eigenvalue weighted by Gasteiger charge is -2.31. The Bertz CT molecular complexity index is 467. The molecule has 0 bridgehead atoms. The predicted molar refractivity (Wildman–Crippen MR) is 83.5 cm³/mol. The molecule has 1 amide bonds. The molecule has 116 valence electrons. The van der Waals surface area contributed by atoms with Gasteiger partial charge in [0.25, 0.3) is 0 Å². The zero-order valence-corrected chi connectivity index (χ0v) is 13.1. The zero-order valence-electron chi connectivity index (χ0n) is 13.1. The molecule has 0 aromatic heterocycles. The van der Waals surface area contributed by atoms with Gasteiger partial charge in [0.1, 0.15) is 0 Å². The largest absolute Gasteiger partial charge is 0.478 e. The van der Waals surface area contributed by atoms with Gasteiger partial charge in [-0.2, -0.15) is 0 Å². The van der Waals surface area contributed by atoms with Gasteiger partial charge in [0.2, 0.25) is 5.91 Å². The first-order valence-electron chi connectivity index (χ1n) is 7.59. The number of benzene rings is 1. The van der Waals surface area contributed by atoms with Gasteiger partial charge in [-0.1, -0.05) is 32.9 Å². The summed E-state index contributed by atoms with van der Waals surface area (Å²) < 4.78 is 0. The van der Waals surface area contributed by atoms with Crippen molar-refractivity contribution in [2.45, 2.75) is 58.4 Å². The smallest absolute Gasteiger partial charge is 0.335 e. The SMILES string of the molecule is CCC(CC)(CC)NC(=O)CCc1ccc(C(=O)O)cc1. The third-order valence-corrected chi connectivity index (χ3v) is 4.28. The molecule has 0 atom stereocenters. The van der Waals surface area contributed by atoms with Gasteiger partial charge in [0.05, 0.1) is 5.56 Å². The van der Waals surface area contributed by atoms with Crippen LogP contribution in [0.3, 0.4) is 0 Å². The van der Waals surface area contributed by atoms with Crippen LogP contribution in [0.5, 0.6) is 0 Å². The van der Waals surface area contributed by atoms with Gasteiger partial charge in [0.15, 0.2) is 0 Å². The molecule has 1 aromatic carbocycles. The summed E-state index contributed by atoms with van der Waals surface area (Å²) in [6.45, 7) is 6.29. The third-order valence-electron chi connectivity index (χ3n) is 4.28. The Morgan fingerprint density at radius 3 is 2.00 bits per heavy atom. The molecule has 0 unspecified atom stereocenters. The lowest BCUT2D eigenvalue weighted by molar-refractivity contribution is -0.123. The van der Waals surface area contributed by atoms with E-state index in [1.54, 1.807) is 24.3 Å². The van der Waals surface area contributed by atoms with E-state index in [0.717, 1.165) is 24.8 Å². The van der Waals surface area contributed by atoms with Crippen LogP contribution >= 0.6 is 0 Å². The fourth-order valence-electron chi connectivity index (χ4n) is 2.45. The van der Waals surface area contributed by atoms with Crippen LogP contribution in [0.2, 0.25) is 0 Å². The van der Waals surface area contributed by atoms with Crippen LogP contribution in [0.15, 0.2) is 24.3 Å². The number of nitrogens with one attached hydrogen (secondary N) is 1. The van der Waals surface area contributed by atoms with Gasteiger partial charge in [-0.15, -0.1) is 0 Å². The molecular weight excluding hydrogens is 266 g/mol. The van der Waals surface area contributed by atoms with Crippen LogP contribution in [-0.2, 0) is 11.2 Å². The fraction of sp³-hybridized carbons (Fsp3) is 0.529. The van der Waals surface area contributed by atoms with Crippen molar-refractivity contribution in [3.8, 4) is 0 Å². The summed E-state index contributed by atoms with van der Waals surface area (Å²) in [6.07, 6.45) is 3.84. The molecule has 0 radical (unpaired) electrons. The topological polar surface area (TPSA) is 66.4 Å². The van der Waals surface area contributed by atoms with Crippen LogP contribution in [-0.4, -0.2) is 22.5 Å². The van der Waals surface area contributed by atoms with Crippen LogP contribution in [0.25, 0.3) is 0 Å². The van der Waals surface area contributed by atoms with Gasteiger partial charge in [-0.05, 0) is 43.4 Å². The third kappa shape index (κ3) is 4.88. The highest BCUT2D eigenvalue weighted by Gasteiger charge is 2.25. The molecule has 0 aliphatic rings. The number of hydrogen-bond acceptors (Lipinski definition) is 2. The Morgan fingerprint density at radius 1 is 1.05 bits per heavy atom. The molecule has 0 heterocycles. The molecule has 4 heteroatoms. The van der Waals surface area contributed by atoms with Gasteiger partial charge in [-0.3, -0.25) is 4.79 Å². The van der Waals surface area contributed by atoms with E-state index < -0.39 is 5.97 Å². The highest BCUT2D eigenvalue weighted by Crippen LogP contribution is 2.19. The van der Waals surface area contributed by atoms with Gasteiger partial charge in [0, 0.05) is 12.0 Å². The van der Waals surface area contributed by atoms with E-state index in [1.165, 1.54) is 0 Å². The maximum absolute atomic E-state index is 12.1. The van der Waals surface area contributed by atoms with E-state index in [4.69, 9.17) is 5.11 Å². The van der Waals surface area contributed by atoms with Crippen LogP contribution in [0, 0.1) is 0 Å². The molecule has 0 aliphatic heterocycles. The Balaban J connectivity index is 2.54. The van der Waals surface area contributed by atoms with Crippen molar-refractivity contribution in [2.24, 2.45) is 0 Å². The fourth-order valence-corrected chi connectivity index (χ4v) is 2.45. The summed E-state index contributed by atoms with van der Waals surface area (Å²) in [5, 5.41) is 12.0. The number of carboxylic acids is 1. The summed E-state index contributed by atoms with van der Waals surface area (Å²) in [5.74, 6) is -0.874. The second-order valence-corrected chi connectivity index (χ2v) is 5.39. The van der Waals surface area contributed by atoms with Crippen molar-refractivity contribution in [3.05, 3.63) is 35.4 Å². The number of carboxylic acid groups (broad SMARTS) is 1. The monoisotopic (exact) mass is 291 g/mol. The molecule has 21 heavy (non-hydrogen) atoms. The maximum Gasteiger partial charge on any atom is 0.335 e. The normalized spacial score (nSPS) is 11.2. The minimum Gasteiger partial charge on any atom is -0.478 e. The van der Waals surface area contributed by atoms with Gasteiger partial charge >= 0.3 is 5.97 Å². The zero-order chi connectivity index (χ0) is 15.9. The van der Waals surface area contributed by atoms with E-state index in [0.29, 0.717) is 12.8 Å². The van der Waals surface area contributed by atoms with E-state index >= 15 is 0 Å². The van der Waals surface area contributed by atoms with Gasteiger partial charge < -0.3 is 10.4 Å². The number of hydrogen-bond donors (Lipinski definition) is 2. The van der Waals surface area contributed by atoms with Crippen LogP contribution in [0.4, 0.5) is 0 Å². The Labute approximate surface area is 126 Å². The van der Waals surface area contributed by atoms with Crippen molar-refractivity contribution in [1.29, 1.82) is 0 Å². The Morgan fingerprint density at radius 2 is 1.57 bits per heavy atom. The number of rotatable bonds is 8. The second kappa shape index (κ2) is 7.81. The van der Waals surface area contributed by atoms with Crippen molar-refractivity contribution in [1.82, 2.24) is 5.32 Å². The summed E-state index contributed by atoms with van der Waals surface area (Å²) in [6, 6.07) is 6.68. The van der Waals surface area contributed by atoms with E-state index in [-0.39, 0.29) is 17.0 Å². The lowest BCUT2D eigenvalue weighted by atomic mass is 9.89. The quantitative estimate of drug-likeness (QED) is 0.771. The van der Waals surface area contributed by atoms with E-state index in [9.17, 15) is 9.59 Å². The molecule has 1 rings (SSSR count). The Kier molecular flexibility index (Phi) is 6.40. The first-order chi connectivity index (χ1) is 9.96. The van der Waals surface area contributed by atoms with E-state index in [1.807, 2.05) is 0 Å². The van der Waals surface area contributed by atoms with Crippen LogP contribution in [0.1, 0.15) is 62.4 Å². The number of carbonyl (C=O) groups is 2.